The Hall–Kier alpha value is -0.620. The molecule has 0 amide bonds. The fourth-order valence-corrected chi connectivity index (χ4v) is 3.36. The lowest BCUT2D eigenvalue weighted by Gasteiger charge is -2.36. The molecule has 17 heavy (non-hydrogen) atoms. The van der Waals surface area contributed by atoms with Crippen LogP contribution in [0.15, 0.2) is 0 Å². The molecule has 0 aromatic rings. The van der Waals surface area contributed by atoms with E-state index in [2.05, 4.69) is 0 Å². The van der Waals surface area contributed by atoms with Gasteiger partial charge in [0.2, 0.25) is 10.0 Å². The van der Waals surface area contributed by atoms with Crippen molar-refractivity contribution in [3.8, 4) is 0 Å². The molecule has 100 valence electrons. The summed E-state index contributed by atoms with van der Waals surface area (Å²) in [6.45, 7) is 0. The van der Waals surface area contributed by atoms with Gasteiger partial charge in [0.1, 0.15) is 5.54 Å². The molecule has 6 heteroatoms. The molecule has 1 saturated carbocycles. The van der Waals surface area contributed by atoms with E-state index in [1.165, 1.54) is 18.5 Å². The molecule has 0 heterocycles. The van der Waals surface area contributed by atoms with Crippen molar-refractivity contribution in [2.45, 2.75) is 44.1 Å². The number of carbonyl (C=O) groups excluding carboxylic acids is 1. The van der Waals surface area contributed by atoms with E-state index < -0.39 is 21.5 Å². The van der Waals surface area contributed by atoms with Crippen LogP contribution in [-0.4, -0.2) is 44.6 Å². The van der Waals surface area contributed by atoms with Crippen molar-refractivity contribution in [2.75, 3.05) is 20.4 Å². The topological polar surface area (TPSA) is 63.7 Å². The lowest BCUT2D eigenvalue weighted by atomic mass is 9.90. The van der Waals surface area contributed by atoms with Crippen molar-refractivity contribution in [1.82, 2.24) is 4.31 Å². The van der Waals surface area contributed by atoms with Gasteiger partial charge in [-0.25, -0.2) is 8.42 Å². The van der Waals surface area contributed by atoms with Crippen LogP contribution >= 0.6 is 0 Å². The van der Waals surface area contributed by atoms with Gasteiger partial charge in [-0.3, -0.25) is 4.79 Å². The van der Waals surface area contributed by atoms with Crippen LogP contribution in [0.5, 0.6) is 0 Å². The lowest BCUT2D eigenvalue weighted by molar-refractivity contribution is -0.152. The summed E-state index contributed by atoms with van der Waals surface area (Å²) in [5.41, 5.74) is -1.00. The summed E-state index contributed by atoms with van der Waals surface area (Å²) in [4.78, 5) is 12.0. The molecule has 0 N–H and O–H groups in total. The molecule has 0 spiro atoms. The highest BCUT2D eigenvalue weighted by atomic mass is 32.2. The number of sulfonamides is 1. The molecule has 1 aliphatic carbocycles. The fourth-order valence-electron chi connectivity index (χ4n) is 2.47. The summed E-state index contributed by atoms with van der Waals surface area (Å²) in [6, 6.07) is 0. The summed E-state index contributed by atoms with van der Waals surface area (Å²) in [5, 5.41) is 0. The molecule has 0 saturated heterocycles. The molecule has 0 bridgehead atoms. The van der Waals surface area contributed by atoms with Crippen molar-refractivity contribution in [3.63, 3.8) is 0 Å². The zero-order valence-electron chi connectivity index (χ0n) is 10.7. The molecule has 0 atom stereocenters. The van der Waals surface area contributed by atoms with Gasteiger partial charge < -0.3 is 4.74 Å². The molecule has 0 radical (unpaired) electrons. The van der Waals surface area contributed by atoms with Crippen molar-refractivity contribution < 1.29 is 17.9 Å². The Morgan fingerprint density at radius 3 is 2.00 bits per heavy atom. The average molecular weight is 263 g/mol. The van der Waals surface area contributed by atoms with Gasteiger partial charge >= 0.3 is 5.97 Å². The third kappa shape index (κ3) is 2.98. The van der Waals surface area contributed by atoms with Crippen LogP contribution in [0.2, 0.25) is 0 Å². The average Bonchev–Trinajstić information content (AvgIpc) is 2.52. The fraction of sp³-hybridized carbons (Fsp3) is 0.909. The largest absolute Gasteiger partial charge is 0.468 e. The van der Waals surface area contributed by atoms with Gasteiger partial charge in [0.05, 0.1) is 13.4 Å². The zero-order valence-corrected chi connectivity index (χ0v) is 11.5. The molecule has 0 aromatic heterocycles. The number of rotatable bonds is 3. The van der Waals surface area contributed by atoms with E-state index in [0.29, 0.717) is 12.8 Å². The molecule has 1 rings (SSSR count). The van der Waals surface area contributed by atoms with Crippen molar-refractivity contribution >= 4 is 16.0 Å². The first-order chi connectivity index (χ1) is 7.84. The Balaban J connectivity index is 3.12. The van der Waals surface area contributed by atoms with E-state index in [0.717, 1.165) is 31.9 Å². The van der Waals surface area contributed by atoms with Crippen LogP contribution in [0, 0.1) is 0 Å². The smallest absolute Gasteiger partial charge is 0.327 e. The monoisotopic (exact) mass is 263 g/mol. The highest BCUT2D eigenvalue weighted by Gasteiger charge is 2.46. The van der Waals surface area contributed by atoms with E-state index in [-0.39, 0.29) is 0 Å². The predicted octanol–water partition coefficient (Wildman–Crippen LogP) is 1.14. The van der Waals surface area contributed by atoms with Gasteiger partial charge in [-0.15, -0.1) is 0 Å². The van der Waals surface area contributed by atoms with E-state index in [1.54, 1.807) is 0 Å². The Bertz CT molecular complexity index is 369. The first-order valence-electron chi connectivity index (χ1n) is 5.87. The Morgan fingerprint density at radius 2 is 1.65 bits per heavy atom. The quantitative estimate of drug-likeness (QED) is 0.566. The predicted molar refractivity (Wildman–Crippen MR) is 65.1 cm³/mol. The Labute approximate surface area is 103 Å². The van der Waals surface area contributed by atoms with E-state index in [9.17, 15) is 13.2 Å². The normalized spacial score (nSPS) is 20.9. The minimum atomic E-state index is -3.40. The summed E-state index contributed by atoms with van der Waals surface area (Å²) in [6.07, 6.45) is 6.01. The lowest BCUT2D eigenvalue weighted by Crippen LogP contribution is -2.55. The van der Waals surface area contributed by atoms with Crippen LogP contribution < -0.4 is 0 Å². The second kappa shape index (κ2) is 5.35. The van der Waals surface area contributed by atoms with E-state index in [4.69, 9.17) is 4.74 Å². The third-order valence-electron chi connectivity index (χ3n) is 3.60. The van der Waals surface area contributed by atoms with Crippen LogP contribution in [0.3, 0.4) is 0 Å². The molecular formula is C11H21NO4S. The Morgan fingerprint density at radius 1 is 1.18 bits per heavy atom. The van der Waals surface area contributed by atoms with Gasteiger partial charge in [-0.2, -0.15) is 4.31 Å². The first kappa shape index (κ1) is 14.4. The highest BCUT2D eigenvalue weighted by Crippen LogP contribution is 2.34. The van der Waals surface area contributed by atoms with Crippen LogP contribution in [0.25, 0.3) is 0 Å². The number of carbonyl (C=O) groups is 1. The zero-order chi connectivity index (χ0) is 13.1. The molecule has 1 fully saturated rings. The first-order valence-corrected chi connectivity index (χ1v) is 7.72. The second-order valence-electron chi connectivity index (χ2n) is 4.67. The number of hydrogen-bond donors (Lipinski definition) is 0. The van der Waals surface area contributed by atoms with Crippen molar-refractivity contribution in [2.24, 2.45) is 0 Å². The standard InChI is InChI=1S/C11H21NO4S/c1-12(17(3,14)15)11(10(13)16-2)8-6-4-5-7-9-11/h4-9H2,1-3H3. The number of esters is 1. The van der Waals surface area contributed by atoms with Crippen LogP contribution in [-0.2, 0) is 19.6 Å². The minimum Gasteiger partial charge on any atom is -0.468 e. The van der Waals surface area contributed by atoms with Gasteiger partial charge in [0, 0.05) is 7.05 Å². The molecule has 0 aromatic carbocycles. The molecule has 0 aliphatic heterocycles. The minimum absolute atomic E-state index is 0.438. The van der Waals surface area contributed by atoms with E-state index >= 15 is 0 Å². The number of likely N-dealkylation sites (N-methyl/N-ethyl adjacent to an activating group) is 1. The molecule has 0 unspecified atom stereocenters. The van der Waals surface area contributed by atoms with Crippen molar-refractivity contribution in [1.29, 1.82) is 0 Å². The van der Waals surface area contributed by atoms with E-state index in [1.807, 2.05) is 0 Å². The maximum atomic E-state index is 12.0. The summed E-state index contributed by atoms with van der Waals surface area (Å²) < 4.78 is 29.4. The number of ether oxygens (including phenoxy) is 1. The van der Waals surface area contributed by atoms with Gasteiger partial charge in [0.15, 0.2) is 0 Å². The molecule has 1 aliphatic rings. The summed E-state index contributed by atoms with van der Waals surface area (Å²) in [5.74, 6) is -0.438. The maximum absolute atomic E-state index is 12.0. The molecule has 5 nitrogen and oxygen atoms in total. The number of methoxy groups -OCH3 is 1. The van der Waals surface area contributed by atoms with Crippen LogP contribution in [0.1, 0.15) is 38.5 Å². The highest BCUT2D eigenvalue weighted by molar-refractivity contribution is 7.88. The Kier molecular flexibility index (Phi) is 4.55. The maximum Gasteiger partial charge on any atom is 0.327 e. The van der Waals surface area contributed by atoms with Gasteiger partial charge in [-0.05, 0) is 12.8 Å². The third-order valence-corrected chi connectivity index (χ3v) is 4.94. The summed E-state index contributed by atoms with van der Waals surface area (Å²) in [7, 11) is -0.619. The van der Waals surface area contributed by atoms with Crippen molar-refractivity contribution in [3.05, 3.63) is 0 Å². The number of nitrogens with zero attached hydrogens (tertiary/aromatic N) is 1. The van der Waals surface area contributed by atoms with Gasteiger partial charge in [0.25, 0.3) is 0 Å². The SMILES string of the molecule is COC(=O)C1(N(C)S(C)(=O)=O)CCCCCC1. The second-order valence-corrected chi connectivity index (χ2v) is 6.68. The number of hydrogen-bond acceptors (Lipinski definition) is 4. The summed E-state index contributed by atoms with van der Waals surface area (Å²) >= 11 is 0. The van der Waals surface area contributed by atoms with Gasteiger partial charge in [-0.1, -0.05) is 25.7 Å². The molecular weight excluding hydrogens is 242 g/mol. The van der Waals surface area contributed by atoms with Crippen LogP contribution in [0.4, 0.5) is 0 Å².